The number of nitrogens with zero attached hydrogens (tertiary/aromatic N) is 4. The Hall–Kier alpha value is -2.78. The Kier molecular flexibility index (Phi) is 5.23. The van der Waals surface area contributed by atoms with Crippen LogP contribution in [0.5, 0.6) is 0 Å². The quantitative estimate of drug-likeness (QED) is 0.461. The average Bonchev–Trinajstić information content (AvgIpc) is 3.49. The zero-order valence-electron chi connectivity index (χ0n) is 17.4. The SMILES string of the molecule is CC[C@@H]1CC(NS(=O)(=O)CCc2ccccc2)C[C@@H]1c1nnc2cnc3[nH]ccc3n12. The Bertz CT molecular complexity index is 1300. The highest BCUT2D eigenvalue weighted by atomic mass is 32.2. The van der Waals surface area contributed by atoms with Crippen molar-refractivity contribution in [3.8, 4) is 0 Å². The molecule has 3 aromatic heterocycles. The molecule has 4 aromatic rings. The van der Waals surface area contributed by atoms with Crippen LogP contribution in [0.3, 0.4) is 0 Å². The van der Waals surface area contributed by atoms with Crippen LogP contribution in [0.15, 0.2) is 48.8 Å². The van der Waals surface area contributed by atoms with E-state index in [2.05, 4.69) is 36.2 Å². The lowest BCUT2D eigenvalue weighted by atomic mass is 9.93. The van der Waals surface area contributed by atoms with Gasteiger partial charge in [-0.05, 0) is 36.8 Å². The molecule has 0 amide bonds. The fraction of sp³-hybridized carbons (Fsp3) is 0.409. The maximum absolute atomic E-state index is 12.7. The van der Waals surface area contributed by atoms with Crippen molar-refractivity contribution in [2.24, 2.45) is 5.92 Å². The maximum Gasteiger partial charge on any atom is 0.212 e. The number of aromatic nitrogens is 5. The highest BCUT2D eigenvalue weighted by Gasteiger charge is 2.38. The minimum Gasteiger partial charge on any atom is -0.345 e. The standard InChI is InChI=1S/C22H26N6O2S/c1-2-16-12-17(27-31(29,30)11-9-15-6-4-3-5-7-15)13-18(16)22-26-25-20-14-24-21-19(28(20)22)8-10-23-21/h3-8,10,14,16-18,23,27H,2,9,11-13H2,1H3/t16-,17?,18+/m1/s1. The van der Waals surface area contributed by atoms with Crippen molar-refractivity contribution in [1.82, 2.24) is 29.3 Å². The number of hydrogen-bond donors (Lipinski definition) is 2. The van der Waals surface area contributed by atoms with E-state index in [0.29, 0.717) is 18.0 Å². The molecule has 0 spiro atoms. The monoisotopic (exact) mass is 438 g/mol. The minimum atomic E-state index is -3.36. The number of sulfonamides is 1. The molecular formula is C22H26N6O2S. The van der Waals surface area contributed by atoms with E-state index < -0.39 is 10.0 Å². The van der Waals surface area contributed by atoms with E-state index in [1.54, 1.807) is 6.20 Å². The summed E-state index contributed by atoms with van der Waals surface area (Å²) in [4.78, 5) is 7.52. The third kappa shape index (κ3) is 3.95. The topological polar surface area (TPSA) is 105 Å². The first kappa shape index (κ1) is 20.1. The number of aryl methyl sites for hydroxylation is 1. The van der Waals surface area contributed by atoms with Crippen LogP contribution < -0.4 is 4.72 Å². The van der Waals surface area contributed by atoms with Crippen LogP contribution in [-0.4, -0.2) is 44.8 Å². The first-order valence-corrected chi connectivity index (χ1v) is 12.4. The van der Waals surface area contributed by atoms with E-state index in [0.717, 1.165) is 41.8 Å². The number of benzene rings is 1. The van der Waals surface area contributed by atoms with Crippen molar-refractivity contribution in [3.05, 3.63) is 60.2 Å². The summed E-state index contributed by atoms with van der Waals surface area (Å²) in [7, 11) is -3.36. The molecule has 3 atom stereocenters. The van der Waals surface area contributed by atoms with Crippen molar-refractivity contribution in [2.75, 3.05) is 5.75 Å². The first-order chi connectivity index (χ1) is 15.0. The molecule has 1 aromatic carbocycles. The molecule has 162 valence electrons. The van der Waals surface area contributed by atoms with Gasteiger partial charge in [-0.25, -0.2) is 18.1 Å². The van der Waals surface area contributed by atoms with Crippen LogP contribution in [0.25, 0.3) is 16.8 Å². The maximum atomic E-state index is 12.7. The van der Waals surface area contributed by atoms with E-state index in [1.807, 2.05) is 42.6 Å². The molecule has 1 fully saturated rings. The van der Waals surface area contributed by atoms with Gasteiger partial charge in [0, 0.05) is 18.2 Å². The van der Waals surface area contributed by atoms with E-state index >= 15 is 0 Å². The molecule has 3 heterocycles. The summed E-state index contributed by atoms with van der Waals surface area (Å²) in [6, 6.07) is 11.6. The van der Waals surface area contributed by atoms with Crippen LogP contribution >= 0.6 is 0 Å². The van der Waals surface area contributed by atoms with Gasteiger partial charge in [-0.2, -0.15) is 0 Å². The van der Waals surface area contributed by atoms with Crippen LogP contribution in [0.1, 0.15) is 43.5 Å². The molecule has 9 heteroatoms. The Labute approximate surface area is 181 Å². The smallest absolute Gasteiger partial charge is 0.212 e. The second-order valence-corrected chi connectivity index (χ2v) is 10.2. The fourth-order valence-electron chi connectivity index (χ4n) is 4.84. The number of aromatic amines is 1. The number of fused-ring (bicyclic) bond motifs is 3. The van der Waals surface area contributed by atoms with E-state index in [1.165, 1.54) is 0 Å². The highest BCUT2D eigenvalue weighted by Crippen LogP contribution is 2.41. The molecule has 0 aliphatic heterocycles. The number of rotatable bonds is 7. The van der Waals surface area contributed by atoms with Crippen LogP contribution in [-0.2, 0) is 16.4 Å². The van der Waals surface area contributed by atoms with Gasteiger partial charge in [0.1, 0.15) is 5.82 Å². The molecule has 1 saturated carbocycles. The van der Waals surface area contributed by atoms with Gasteiger partial charge < -0.3 is 4.98 Å². The molecule has 1 aliphatic rings. The molecule has 1 aliphatic carbocycles. The Morgan fingerprint density at radius 1 is 1.16 bits per heavy atom. The number of hydrogen-bond acceptors (Lipinski definition) is 5. The molecule has 8 nitrogen and oxygen atoms in total. The molecule has 5 rings (SSSR count). The van der Waals surface area contributed by atoms with E-state index in [4.69, 9.17) is 0 Å². The van der Waals surface area contributed by atoms with Crippen LogP contribution in [0, 0.1) is 5.92 Å². The predicted octanol–water partition coefficient (Wildman–Crippen LogP) is 3.04. The summed E-state index contributed by atoms with van der Waals surface area (Å²) in [6.45, 7) is 2.15. The Morgan fingerprint density at radius 2 is 2.00 bits per heavy atom. The summed E-state index contributed by atoms with van der Waals surface area (Å²) in [5, 5.41) is 8.82. The van der Waals surface area contributed by atoms with Gasteiger partial charge in [0.25, 0.3) is 0 Å². The van der Waals surface area contributed by atoms with Crippen LogP contribution in [0.2, 0.25) is 0 Å². The predicted molar refractivity (Wildman–Crippen MR) is 119 cm³/mol. The molecule has 31 heavy (non-hydrogen) atoms. The Balaban J connectivity index is 1.35. The highest BCUT2D eigenvalue weighted by molar-refractivity contribution is 7.89. The van der Waals surface area contributed by atoms with Crippen molar-refractivity contribution < 1.29 is 8.42 Å². The second kappa shape index (κ2) is 8.05. The second-order valence-electron chi connectivity index (χ2n) is 8.34. The molecular weight excluding hydrogens is 412 g/mol. The zero-order chi connectivity index (χ0) is 21.4. The van der Waals surface area contributed by atoms with Crippen molar-refractivity contribution in [3.63, 3.8) is 0 Å². The molecule has 0 radical (unpaired) electrons. The van der Waals surface area contributed by atoms with Crippen molar-refractivity contribution in [2.45, 2.75) is 44.6 Å². The van der Waals surface area contributed by atoms with Gasteiger partial charge in [0.2, 0.25) is 10.0 Å². The lowest BCUT2D eigenvalue weighted by Gasteiger charge is -2.16. The van der Waals surface area contributed by atoms with E-state index in [-0.39, 0.29) is 17.7 Å². The van der Waals surface area contributed by atoms with Gasteiger partial charge in [0.15, 0.2) is 11.3 Å². The van der Waals surface area contributed by atoms with Gasteiger partial charge in [-0.3, -0.25) is 4.40 Å². The van der Waals surface area contributed by atoms with E-state index in [9.17, 15) is 8.42 Å². The normalized spacial score (nSPS) is 21.9. The van der Waals surface area contributed by atoms with Crippen molar-refractivity contribution >= 4 is 26.8 Å². The van der Waals surface area contributed by atoms with Gasteiger partial charge in [-0.15, -0.1) is 10.2 Å². The lowest BCUT2D eigenvalue weighted by Crippen LogP contribution is -2.35. The third-order valence-electron chi connectivity index (χ3n) is 6.37. The zero-order valence-corrected chi connectivity index (χ0v) is 18.2. The molecule has 0 bridgehead atoms. The van der Waals surface area contributed by atoms with Crippen LogP contribution in [0.4, 0.5) is 0 Å². The third-order valence-corrected chi connectivity index (χ3v) is 7.80. The molecule has 0 saturated heterocycles. The summed E-state index contributed by atoms with van der Waals surface area (Å²) in [5.41, 5.74) is 3.48. The largest absolute Gasteiger partial charge is 0.345 e. The summed E-state index contributed by atoms with van der Waals surface area (Å²) < 4.78 is 30.5. The fourth-order valence-corrected chi connectivity index (χ4v) is 6.16. The van der Waals surface area contributed by atoms with Crippen molar-refractivity contribution in [1.29, 1.82) is 0 Å². The van der Waals surface area contributed by atoms with Gasteiger partial charge in [0.05, 0.1) is 17.5 Å². The lowest BCUT2D eigenvalue weighted by molar-refractivity contribution is 0.449. The summed E-state index contributed by atoms with van der Waals surface area (Å²) in [5.74, 6) is 1.47. The molecule has 2 N–H and O–H groups in total. The first-order valence-electron chi connectivity index (χ1n) is 10.7. The molecule has 1 unspecified atom stereocenters. The average molecular weight is 439 g/mol. The minimum absolute atomic E-state index is 0.0911. The number of H-pyrrole nitrogens is 1. The summed E-state index contributed by atoms with van der Waals surface area (Å²) in [6.07, 6.45) is 6.58. The number of nitrogens with one attached hydrogen (secondary N) is 2. The Morgan fingerprint density at radius 3 is 2.81 bits per heavy atom. The summed E-state index contributed by atoms with van der Waals surface area (Å²) >= 11 is 0. The van der Waals surface area contributed by atoms with Gasteiger partial charge >= 0.3 is 0 Å². The van der Waals surface area contributed by atoms with Gasteiger partial charge in [-0.1, -0.05) is 43.7 Å².